The lowest BCUT2D eigenvalue weighted by Crippen LogP contribution is -2.22. The van der Waals surface area contributed by atoms with Gasteiger partial charge in [-0.3, -0.25) is 0 Å². The molecule has 3 rings (SSSR count). The van der Waals surface area contributed by atoms with E-state index in [9.17, 15) is 0 Å². The molecule has 20 heavy (non-hydrogen) atoms. The summed E-state index contributed by atoms with van der Waals surface area (Å²) in [5.41, 5.74) is 7.82. The highest BCUT2D eigenvalue weighted by molar-refractivity contribution is 7.80. The zero-order valence-corrected chi connectivity index (χ0v) is 12.7. The van der Waals surface area contributed by atoms with E-state index in [2.05, 4.69) is 42.8 Å². The summed E-state index contributed by atoms with van der Waals surface area (Å²) in [5.74, 6) is 0. The number of aromatic nitrogens is 1. The molecule has 0 spiro atoms. The lowest BCUT2D eigenvalue weighted by molar-refractivity contribution is -0.0212. The molecule has 0 radical (unpaired) electrons. The molecule has 2 heterocycles. The SMILES string of the molecule is CC1(C)CCC(Cn2ccc3ccc(C(N)=S)cc32)O1. The summed E-state index contributed by atoms with van der Waals surface area (Å²) < 4.78 is 8.32. The summed E-state index contributed by atoms with van der Waals surface area (Å²) in [7, 11) is 0. The van der Waals surface area contributed by atoms with Gasteiger partial charge in [0, 0.05) is 23.8 Å². The smallest absolute Gasteiger partial charge is 0.104 e. The zero-order chi connectivity index (χ0) is 14.3. The summed E-state index contributed by atoms with van der Waals surface area (Å²) in [6.45, 7) is 5.20. The van der Waals surface area contributed by atoms with Crippen molar-refractivity contribution in [3.63, 3.8) is 0 Å². The van der Waals surface area contributed by atoms with Gasteiger partial charge in [-0.2, -0.15) is 0 Å². The molecule has 0 aliphatic carbocycles. The van der Waals surface area contributed by atoms with Crippen molar-refractivity contribution in [2.24, 2.45) is 5.73 Å². The minimum atomic E-state index is 0.0115. The highest BCUT2D eigenvalue weighted by atomic mass is 32.1. The molecular formula is C16H20N2OS. The van der Waals surface area contributed by atoms with Crippen LogP contribution in [0.5, 0.6) is 0 Å². The van der Waals surface area contributed by atoms with Gasteiger partial charge in [-0.05, 0) is 44.2 Å². The minimum Gasteiger partial charge on any atom is -0.389 e. The molecule has 1 unspecified atom stereocenters. The Bertz CT molecular complexity index is 660. The Kier molecular flexibility index (Phi) is 3.30. The number of hydrogen-bond acceptors (Lipinski definition) is 2. The Hall–Kier alpha value is -1.39. The molecule has 2 aromatic rings. The fraction of sp³-hybridized carbons (Fsp3) is 0.438. The summed E-state index contributed by atoms with van der Waals surface area (Å²) in [6, 6.07) is 8.24. The predicted molar refractivity (Wildman–Crippen MR) is 86.0 cm³/mol. The molecule has 1 saturated heterocycles. The van der Waals surface area contributed by atoms with Crippen molar-refractivity contribution < 1.29 is 4.74 Å². The Labute approximate surface area is 124 Å². The first kappa shape index (κ1) is 13.6. The number of nitrogens with zero attached hydrogens (tertiary/aromatic N) is 1. The van der Waals surface area contributed by atoms with E-state index in [1.807, 2.05) is 6.07 Å². The van der Waals surface area contributed by atoms with Gasteiger partial charge in [-0.15, -0.1) is 0 Å². The number of fused-ring (bicyclic) bond motifs is 1. The van der Waals surface area contributed by atoms with E-state index in [-0.39, 0.29) is 11.7 Å². The van der Waals surface area contributed by atoms with E-state index in [0.717, 1.165) is 24.9 Å². The molecule has 1 aromatic heterocycles. The van der Waals surface area contributed by atoms with Crippen LogP contribution < -0.4 is 5.73 Å². The molecule has 4 heteroatoms. The first-order chi connectivity index (χ1) is 9.44. The van der Waals surface area contributed by atoms with Crippen molar-refractivity contribution in [1.82, 2.24) is 4.57 Å². The second kappa shape index (κ2) is 4.86. The van der Waals surface area contributed by atoms with E-state index in [1.165, 1.54) is 10.9 Å². The summed E-state index contributed by atoms with van der Waals surface area (Å²) in [5, 5.41) is 1.21. The van der Waals surface area contributed by atoms with Gasteiger partial charge in [0.05, 0.1) is 11.7 Å². The maximum absolute atomic E-state index is 6.08. The normalized spacial score (nSPS) is 21.4. The van der Waals surface area contributed by atoms with Crippen LogP contribution >= 0.6 is 12.2 Å². The molecule has 1 aromatic carbocycles. The highest BCUT2D eigenvalue weighted by Crippen LogP contribution is 2.31. The highest BCUT2D eigenvalue weighted by Gasteiger charge is 2.31. The molecule has 0 bridgehead atoms. The number of ether oxygens (including phenoxy) is 1. The Balaban J connectivity index is 1.88. The number of hydrogen-bond donors (Lipinski definition) is 1. The molecule has 3 nitrogen and oxygen atoms in total. The molecule has 1 aliphatic heterocycles. The number of nitrogens with two attached hydrogens (primary N) is 1. The van der Waals surface area contributed by atoms with E-state index in [1.54, 1.807) is 0 Å². The largest absolute Gasteiger partial charge is 0.389 e. The second-order valence-corrected chi connectivity index (χ2v) is 6.58. The van der Waals surface area contributed by atoms with Gasteiger partial charge in [0.15, 0.2) is 0 Å². The average Bonchev–Trinajstić information content (AvgIpc) is 2.93. The molecule has 2 N–H and O–H groups in total. The minimum absolute atomic E-state index is 0.0115. The van der Waals surface area contributed by atoms with Gasteiger partial charge >= 0.3 is 0 Å². The molecule has 106 valence electrons. The van der Waals surface area contributed by atoms with Crippen LogP contribution in [-0.2, 0) is 11.3 Å². The monoisotopic (exact) mass is 288 g/mol. The third kappa shape index (κ3) is 2.58. The standard InChI is InChI=1S/C16H20N2OS/c1-16(2)7-5-13(19-16)10-18-8-6-11-3-4-12(15(17)20)9-14(11)18/h3-4,6,8-9,13H,5,7,10H2,1-2H3,(H2,17,20). The predicted octanol–water partition coefficient (Wildman–Crippen LogP) is 3.23. The van der Waals surface area contributed by atoms with Crippen LogP contribution in [0.2, 0.25) is 0 Å². The van der Waals surface area contributed by atoms with E-state index in [0.29, 0.717) is 4.99 Å². The lowest BCUT2D eigenvalue weighted by Gasteiger charge is -2.20. The Morgan fingerprint density at radius 3 is 2.90 bits per heavy atom. The van der Waals surface area contributed by atoms with Crippen molar-refractivity contribution in [3.05, 3.63) is 36.0 Å². The molecular weight excluding hydrogens is 268 g/mol. The van der Waals surface area contributed by atoms with Crippen LogP contribution in [0.25, 0.3) is 10.9 Å². The third-order valence-electron chi connectivity index (χ3n) is 4.01. The van der Waals surface area contributed by atoms with Gasteiger partial charge in [-0.1, -0.05) is 24.4 Å². The molecule has 1 fully saturated rings. The number of benzene rings is 1. The van der Waals surface area contributed by atoms with Crippen LogP contribution in [0.1, 0.15) is 32.3 Å². The van der Waals surface area contributed by atoms with Crippen molar-refractivity contribution in [2.45, 2.75) is 44.9 Å². The Morgan fingerprint density at radius 2 is 2.25 bits per heavy atom. The van der Waals surface area contributed by atoms with E-state index in [4.69, 9.17) is 22.7 Å². The van der Waals surface area contributed by atoms with Crippen molar-refractivity contribution >= 4 is 28.1 Å². The third-order valence-corrected chi connectivity index (χ3v) is 4.25. The maximum Gasteiger partial charge on any atom is 0.104 e. The van der Waals surface area contributed by atoms with Crippen molar-refractivity contribution in [3.8, 4) is 0 Å². The lowest BCUT2D eigenvalue weighted by atomic mass is 10.1. The van der Waals surface area contributed by atoms with Crippen LogP contribution in [0, 0.1) is 0 Å². The summed E-state index contributed by atoms with van der Waals surface area (Å²) >= 11 is 5.06. The van der Waals surface area contributed by atoms with E-state index >= 15 is 0 Å². The first-order valence-corrected chi connectivity index (χ1v) is 7.42. The second-order valence-electron chi connectivity index (χ2n) is 6.14. The van der Waals surface area contributed by atoms with Gasteiger partial charge < -0.3 is 15.0 Å². The molecule has 0 saturated carbocycles. The van der Waals surface area contributed by atoms with Crippen LogP contribution in [-0.4, -0.2) is 21.3 Å². The maximum atomic E-state index is 6.08. The quantitative estimate of drug-likeness (QED) is 0.882. The first-order valence-electron chi connectivity index (χ1n) is 7.01. The van der Waals surface area contributed by atoms with Crippen LogP contribution in [0.4, 0.5) is 0 Å². The molecule has 0 amide bonds. The average molecular weight is 288 g/mol. The van der Waals surface area contributed by atoms with Crippen molar-refractivity contribution in [2.75, 3.05) is 0 Å². The fourth-order valence-corrected chi connectivity index (χ4v) is 3.05. The van der Waals surface area contributed by atoms with Crippen LogP contribution in [0.3, 0.4) is 0 Å². The number of thiocarbonyl (C=S) groups is 1. The summed E-state index contributed by atoms with van der Waals surface area (Å²) in [4.78, 5) is 0.442. The van der Waals surface area contributed by atoms with Crippen molar-refractivity contribution in [1.29, 1.82) is 0 Å². The Morgan fingerprint density at radius 1 is 1.45 bits per heavy atom. The van der Waals surface area contributed by atoms with Gasteiger partial charge in [0.25, 0.3) is 0 Å². The van der Waals surface area contributed by atoms with Crippen LogP contribution in [0.15, 0.2) is 30.5 Å². The topological polar surface area (TPSA) is 40.2 Å². The van der Waals surface area contributed by atoms with E-state index < -0.39 is 0 Å². The fourth-order valence-electron chi connectivity index (χ4n) is 2.92. The number of rotatable bonds is 3. The molecule has 1 atom stereocenters. The zero-order valence-electron chi connectivity index (χ0n) is 11.9. The van der Waals surface area contributed by atoms with Gasteiger partial charge in [0.1, 0.15) is 4.99 Å². The van der Waals surface area contributed by atoms with Gasteiger partial charge in [-0.25, -0.2) is 0 Å². The van der Waals surface area contributed by atoms with Gasteiger partial charge in [0.2, 0.25) is 0 Å². The summed E-state index contributed by atoms with van der Waals surface area (Å²) in [6.07, 6.45) is 4.63. The molecule has 1 aliphatic rings.